The molecule has 1 aromatic carbocycles. The van der Waals surface area contributed by atoms with E-state index in [1.54, 1.807) is 0 Å². The molecule has 18 heavy (non-hydrogen) atoms. The normalized spacial score (nSPS) is 30.6. The second-order valence-corrected chi connectivity index (χ2v) is 5.40. The smallest absolute Gasteiger partial charge is 0.123 e. The maximum atomic E-state index is 13.1. The van der Waals surface area contributed by atoms with Gasteiger partial charge in [0, 0.05) is 24.7 Å². The first kappa shape index (κ1) is 11.9. The van der Waals surface area contributed by atoms with Crippen LogP contribution in [-0.4, -0.2) is 35.7 Å². The van der Waals surface area contributed by atoms with E-state index >= 15 is 0 Å². The molecule has 3 fully saturated rings. The first-order valence-electron chi connectivity index (χ1n) is 6.65. The van der Waals surface area contributed by atoms with Gasteiger partial charge in [0.1, 0.15) is 11.6 Å². The number of halogens is 1. The summed E-state index contributed by atoms with van der Waals surface area (Å²) in [5, 5.41) is 13.1. The molecule has 3 aliphatic rings. The molecule has 3 saturated heterocycles. The van der Waals surface area contributed by atoms with Gasteiger partial charge in [-0.05, 0) is 50.0 Å². The number of phenols is 1. The minimum atomic E-state index is -0.293. The Kier molecular flexibility index (Phi) is 3.22. The highest BCUT2D eigenvalue weighted by molar-refractivity contribution is 5.32. The van der Waals surface area contributed by atoms with Crippen LogP contribution in [0.3, 0.4) is 0 Å². The standard InChI is InChI=1S/C14H19FN2O/c15-12-1-2-14(18)11(7-12)8-16-13-9-17-5-3-10(13)4-6-17/h1-2,7,10,13,16,18H,3-6,8-9H2. The third kappa shape index (κ3) is 2.35. The Balaban J connectivity index is 1.62. The van der Waals surface area contributed by atoms with Crippen LogP contribution in [0.1, 0.15) is 18.4 Å². The number of benzene rings is 1. The van der Waals surface area contributed by atoms with E-state index in [2.05, 4.69) is 10.2 Å². The van der Waals surface area contributed by atoms with Crippen LogP contribution in [0.25, 0.3) is 0 Å². The third-order valence-corrected chi connectivity index (χ3v) is 4.25. The predicted octanol–water partition coefficient (Wildman–Crippen LogP) is 1.72. The number of fused-ring (bicyclic) bond motifs is 3. The highest BCUT2D eigenvalue weighted by Crippen LogP contribution is 2.28. The van der Waals surface area contributed by atoms with Crippen molar-refractivity contribution in [3.63, 3.8) is 0 Å². The maximum Gasteiger partial charge on any atom is 0.123 e. The van der Waals surface area contributed by atoms with E-state index in [0.29, 0.717) is 18.2 Å². The quantitative estimate of drug-likeness (QED) is 0.857. The average molecular weight is 250 g/mol. The number of nitrogens with one attached hydrogen (secondary N) is 1. The molecule has 4 heteroatoms. The Labute approximate surface area is 107 Å². The molecule has 0 radical (unpaired) electrons. The van der Waals surface area contributed by atoms with Gasteiger partial charge in [0.05, 0.1) is 0 Å². The topological polar surface area (TPSA) is 35.5 Å². The largest absolute Gasteiger partial charge is 0.508 e. The molecule has 0 amide bonds. The highest BCUT2D eigenvalue weighted by Gasteiger charge is 2.33. The van der Waals surface area contributed by atoms with Crippen molar-refractivity contribution in [2.75, 3.05) is 19.6 Å². The number of hydrogen-bond acceptors (Lipinski definition) is 3. The molecule has 1 unspecified atom stereocenters. The number of hydrogen-bond donors (Lipinski definition) is 2. The van der Waals surface area contributed by atoms with Gasteiger partial charge in [-0.2, -0.15) is 0 Å². The molecule has 2 N–H and O–H groups in total. The zero-order valence-corrected chi connectivity index (χ0v) is 10.4. The van der Waals surface area contributed by atoms with Crippen molar-refractivity contribution in [1.29, 1.82) is 0 Å². The lowest BCUT2D eigenvalue weighted by Gasteiger charge is -2.45. The van der Waals surface area contributed by atoms with Crippen molar-refractivity contribution in [2.24, 2.45) is 5.92 Å². The Morgan fingerprint density at radius 3 is 2.78 bits per heavy atom. The lowest BCUT2D eigenvalue weighted by Crippen LogP contribution is -2.55. The lowest BCUT2D eigenvalue weighted by atomic mass is 9.84. The monoisotopic (exact) mass is 250 g/mol. The molecule has 0 spiro atoms. The maximum absolute atomic E-state index is 13.1. The zero-order valence-electron chi connectivity index (χ0n) is 10.4. The van der Waals surface area contributed by atoms with Crippen molar-refractivity contribution >= 4 is 0 Å². The summed E-state index contributed by atoms with van der Waals surface area (Å²) >= 11 is 0. The first-order valence-corrected chi connectivity index (χ1v) is 6.65. The number of aromatic hydroxyl groups is 1. The minimum absolute atomic E-state index is 0.171. The van der Waals surface area contributed by atoms with Crippen LogP contribution >= 0.6 is 0 Å². The van der Waals surface area contributed by atoms with E-state index in [1.807, 2.05) is 0 Å². The van der Waals surface area contributed by atoms with E-state index in [0.717, 1.165) is 12.5 Å². The fourth-order valence-corrected chi connectivity index (χ4v) is 3.13. The molecule has 0 saturated carbocycles. The van der Waals surface area contributed by atoms with E-state index in [1.165, 1.54) is 44.1 Å². The summed E-state index contributed by atoms with van der Waals surface area (Å²) in [7, 11) is 0. The van der Waals surface area contributed by atoms with E-state index in [-0.39, 0.29) is 11.6 Å². The van der Waals surface area contributed by atoms with Gasteiger partial charge in [0.25, 0.3) is 0 Å². The van der Waals surface area contributed by atoms with Gasteiger partial charge in [-0.3, -0.25) is 0 Å². The van der Waals surface area contributed by atoms with Crippen molar-refractivity contribution in [3.8, 4) is 5.75 Å². The molecule has 4 rings (SSSR count). The minimum Gasteiger partial charge on any atom is -0.508 e. The number of phenolic OH excluding ortho intramolecular Hbond substituents is 1. The molecule has 98 valence electrons. The molecule has 1 atom stereocenters. The van der Waals surface area contributed by atoms with Crippen LogP contribution in [0.4, 0.5) is 4.39 Å². The molecule has 0 aliphatic carbocycles. The molecule has 3 heterocycles. The number of nitrogens with zero attached hydrogens (tertiary/aromatic N) is 1. The van der Waals surface area contributed by atoms with Crippen molar-refractivity contribution in [3.05, 3.63) is 29.6 Å². The lowest BCUT2D eigenvalue weighted by molar-refractivity contribution is 0.0719. The Morgan fingerprint density at radius 2 is 2.11 bits per heavy atom. The second-order valence-electron chi connectivity index (χ2n) is 5.40. The van der Waals surface area contributed by atoms with Gasteiger partial charge >= 0.3 is 0 Å². The molecule has 0 aromatic heterocycles. The van der Waals surface area contributed by atoms with Crippen molar-refractivity contribution < 1.29 is 9.50 Å². The van der Waals surface area contributed by atoms with Crippen LogP contribution in [0.15, 0.2) is 18.2 Å². The summed E-state index contributed by atoms with van der Waals surface area (Å²) in [6.45, 7) is 4.06. The highest BCUT2D eigenvalue weighted by atomic mass is 19.1. The van der Waals surface area contributed by atoms with E-state index in [4.69, 9.17) is 0 Å². The average Bonchev–Trinajstić information content (AvgIpc) is 2.41. The summed E-state index contributed by atoms with van der Waals surface area (Å²) < 4.78 is 13.1. The molecule has 1 aromatic rings. The number of piperidine rings is 3. The predicted molar refractivity (Wildman–Crippen MR) is 67.9 cm³/mol. The molecule has 3 nitrogen and oxygen atoms in total. The van der Waals surface area contributed by atoms with Crippen LogP contribution < -0.4 is 5.32 Å². The fraction of sp³-hybridized carbons (Fsp3) is 0.571. The number of rotatable bonds is 3. The van der Waals surface area contributed by atoms with E-state index < -0.39 is 0 Å². The van der Waals surface area contributed by atoms with Gasteiger partial charge in [-0.25, -0.2) is 4.39 Å². The van der Waals surface area contributed by atoms with Gasteiger partial charge in [-0.15, -0.1) is 0 Å². The Morgan fingerprint density at radius 1 is 1.33 bits per heavy atom. The summed E-state index contributed by atoms with van der Waals surface area (Å²) in [5.74, 6) is 0.620. The van der Waals surface area contributed by atoms with Gasteiger partial charge in [-0.1, -0.05) is 0 Å². The summed E-state index contributed by atoms with van der Waals surface area (Å²) in [6, 6.07) is 4.59. The molecular weight excluding hydrogens is 231 g/mol. The zero-order chi connectivity index (χ0) is 12.5. The van der Waals surface area contributed by atoms with Crippen molar-refractivity contribution in [1.82, 2.24) is 10.2 Å². The molecular formula is C14H19FN2O. The fourth-order valence-electron chi connectivity index (χ4n) is 3.13. The van der Waals surface area contributed by atoms with Gasteiger partial charge in [0.2, 0.25) is 0 Å². The van der Waals surface area contributed by atoms with Crippen molar-refractivity contribution in [2.45, 2.75) is 25.4 Å². The molecule has 3 aliphatic heterocycles. The summed E-state index contributed by atoms with van der Waals surface area (Å²) in [6.07, 6.45) is 2.51. The SMILES string of the molecule is Oc1ccc(F)cc1CNC1CN2CCC1CC2. The second kappa shape index (κ2) is 4.86. The van der Waals surface area contributed by atoms with Crippen LogP contribution in [-0.2, 0) is 6.54 Å². The third-order valence-electron chi connectivity index (χ3n) is 4.25. The van der Waals surface area contributed by atoms with E-state index in [9.17, 15) is 9.50 Å². The van der Waals surface area contributed by atoms with Gasteiger partial charge in [0.15, 0.2) is 0 Å². The van der Waals surface area contributed by atoms with Gasteiger partial charge < -0.3 is 15.3 Å². The summed E-state index contributed by atoms with van der Waals surface area (Å²) in [4.78, 5) is 2.48. The summed E-state index contributed by atoms with van der Waals surface area (Å²) in [5.41, 5.74) is 0.645. The van der Waals surface area contributed by atoms with Crippen LogP contribution in [0, 0.1) is 11.7 Å². The Bertz CT molecular complexity index is 430. The molecule has 2 bridgehead atoms. The first-order chi connectivity index (χ1) is 8.72. The van der Waals surface area contributed by atoms with Crippen LogP contribution in [0.2, 0.25) is 0 Å². The van der Waals surface area contributed by atoms with Crippen LogP contribution in [0.5, 0.6) is 5.75 Å². The Hall–Kier alpha value is -1.13.